The molecule has 4 heteroatoms. The zero-order chi connectivity index (χ0) is 10.9. The Morgan fingerprint density at radius 2 is 2.00 bits per heavy atom. The molecular formula is C11H21ClN2O. The average Bonchev–Trinajstić information content (AvgIpc) is 2.74. The normalized spacial score (nSPS) is 16.9. The van der Waals surface area contributed by atoms with Crippen LogP contribution in [0.2, 0.25) is 0 Å². The highest BCUT2D eigenvalue weighted by molar-refractivity contribution is 6.17. The van der Waals surface area contributed by atoms with Crippen molar-refractivity contribution < 1.29 is 4.79 Å². The molecule has 1 N–H and O–H groups in total. The highest BCUT2D eigenvalue weighted by Gasteiger charge is 2.10. The number of rotatable bonds is 7. The summed E-state index contributed by atoms with van der Waals surface area (Å²) in [5, 5.41) is 2.92. The van der Waals surface area contributed by atoms with Crippen LogP contribution in [0.4, 0.5) is 0 Å². The van der Waals surface area contributed by atoms with E-state index in [9.17, 15) is 4.79 Å². The fourth-order valence-corrected chi connectivity index (χ4v) is 1.99. The van der Waals surface area contributed by atoms with Crippen LogP contribution in [0.3, 0.4) is 0 Å². The van der Waals surface area contributed by atoms with Gasteiger partial charge in [-0.3, -0.25) is 4.79 Å². The number of halogens is 1. The summed E-state index contributed by atoms with van der Waals surface area (Å²) >= 11 is 5.51. The molecule has 0 spiro atoms. The highest BCUT2D eigenvalue weighted by atomic mass is 35.5. The number of nitrogens with zero attached hydrogens (tertiary/aromatic N) is 1. The highest BCUT2D eigenvalue weighted by Crippen LogP contribution is 2.06. The second-order valence-corrected chi connectivity index (χ2v) is 4.42. The molecule has 0 aliphatic carbocycles. The molecule has 0 aromatic carbocycles. The van der Waals surface area contributed by atoms with E-state index in [-0.39, 0.29) is 5.91 Å². The Hall–Kier alpha value is -0.280. The van der Waals surface area contributed by atoms with Crippen LogP contribution in [0.5, 0.6) is 0 Å². The van der Waals surface area contributed by atoms with Gasteiger partial charge < -0.3 is 10.2 Å². The number of nitrogens with one attached hydrogen (secondary N) is 1. The number of hydrogen-bond donors (Lipinski definition) is 1. The van der Waals surface area contributed by atoms with Crippen LogP contribution >= 0.6 is 11.6 Å². The number of carbonyl (C=O) groups is 1. The van der Waals surface area contributed by atoms with E-state index in [1.807, 2.05) is 0 Å². The quantitative estimate of drug-likeness (QED) is 0.534. The van der Waals surface area contributed by atoms with Gasteiger partial charge in [-0.2, -0.15) is 0 Å². The van der Waals surface area contributed by atoms with Gasteiger partial charge in [0.15, 0.2) is 0 Å². The molecule has 1 fully saturated rings. The van der Waals surface area contributed by atoms with E-state index in [1.165, 1.54) is 25.9 Å². The molecule has 0 radical (unpaired) electrons. The van der Waals surface area contributed by atoms with Crippen molar-refractivity contribution >= 4 is 17.5 Å². The molecular weight excluding hydrogens is 212 g/mol. The van der Waals surface area contributed by atoms with Gasteiger partial charge in [0.25, 0.3) is 0 Å². The summed E-state index contributed by atoms with van der Waals surface area (Å²) in [5.74, 6) is 0.707. The van der Waals surface area contributed by atoms with Gasteiger partial charge in [-0.1, -0.05) is 0 Å². The lowest BCUT2D eigenvalue weighted by Crippen LogP contribution is -2.28. The fraction of sp³-hybridized carbons (Fsp3) is 0.909. The summed E-state index contributed by atoms with van der Waals surface area (Å²) in [6.07, 6.45) is 5.07. The molecule has 0 aromatic rings. The topological polar surface area (TPSA) is 32.3 Å². The molecule has 1 saturated heterocycles. The lowest BCUT2D eigenvalue weighted by atomic mass is 10.3. The molecule has 1 aliphatic heterocycles. The van der Waals surface area contributed by atoms with E-state index < -0.39 is 0 Å². The van der Waals surface area contributed by atoms with Gasteiger partial charge in [0.2, 0.25) is 5.91 Å². The van der Waals surface area contributed by atoms with Gasteiger partial charge in [0.1, 0.15) is 0 Å². The number of hydrogen-bond acceptors (Lipinski definition) is 2. The van der Waals surface area contributed by atoms with Crippen molar-refractivity contribution in [2.45, 2.75) is 32.1 Å². The molecule has 1 rings (SSSR count). The summed E-state index contributed by atoms with van der Waals surface area (Å²) in [5.41, 5.74) is 0. The van der Waals surface area contributed by atoms with Crippen LogP contribution in [0.1, 0.15) is 32.1 Å². The van der Waals surface area contributed by atoms with Gasteiger partial charge in [-0.25, -0.2) is 0 Å². The Kier molecular flexibility index (Phi) is 6.77. The smallest absolute Gasteiger partial charge is 0.220 e. The minimum absolute atomic E-state index is 0.136. The molecule has 1 heterocycles. The molecule has 15 heavy (non-hydrogen) atoms. The maximum absolute atomic E-state index is 11.2. The average molecular weight is 233 g/mol. The Balaban J connectivity index is 1.89. The van der Waals surface area contributed by atoms with Crippen molar-refractivity contribution in [3.63, 3.8) is 0 Å². The van der Waals surface area contributed by atoms with E-state index in [2.05, 4.69) is 10.2 Å². The Morgan fingerprint density at radius 3 is 2.67 bits per heavy atom. The van der Waals surface area contributed by atoms with E-state index in [1.54, 1.807) is 0 Å². The van der Waals surface area contributed by atoms with Gasteiger partial charge in [0.05, 0.1) is 0 Å². The maximum Gasteiger partial charge on any atom is 0.220 e. The van der Waals surface area contributed by atoms with E-state index >= 15 is 0 Å². The molecule has 0 atom stereocenters. The summed E-state index contributed by atoms with van der Waals surface area (Å²) in [6.45, 7) is 4.40. The third-order valence-electron chi connectivity index (χ3n) is 2.71. The van der Waals surface area contributed by atoms with Crippen LogP contribution in [0.25, 0.3) is 0 Å². The molecule has 0 saturated carbocycles. The summed E-state index contributed by atoms with van der Waals surface area (Å²) < 4.78 is 0. The molecule has 1 amide bonds. The standard InChI is InChI=1S/C11H21ClN2O/c12-6-3-5-11(15)13-7-4-10-14-8-1-2-9-14/h1-10H2,(H,13,15). The maximum atomic E-state index is 11.2. The first kappa shape index (κ1) is 12.8. The van der Waals surface area contributed by atoms with Gasteiger partial charge in [-0.15, -0.1) is 11.6 Å². The van der Waals surface area contributed by atoms with E-state index in [0.717, 1.165) is 25.9 Å². The first-order valence-electron chi connectivity index (χ1n) is 5.88. The van der Waals surface area contributed by atoms with Crippen molar-refractivity contribution in [3.8, 4) is 0 Å². The van der Waals surface area contributed by atoms with Crippen molar-refractivity contribution in [1.29, 1.82) is 0 Å². The first-order chi connectivity index (χ1) is 7.33. The summed E-state index contributed by atoms with van der Waals surface area (Å²) in [7, 11) is 0. The number of amides is 1. The third-order valence-corrected chi connectivity index (χ3v) is 2.98. The van der Waals surface area contributed by atoms with Gasteiger partial charge >= 0.3 is 0 Å². The van der Waals surface area contributed by atoms with Crippen molar-refractivity contribution in [2.24, 2.45) is 0 Å². The van der Waals surface area contributed by atoms with Crippen molar-refractivity contribution in [2.75, 3.05) is 32.1 Å². The van der Waals surface area contributed by atoms with E-state index in [0.29, 0.717) is 12.3 Å². The minimum atomic E-state index is 0.136. The predicted molar refractivity (Wildman–Crippen MR) is 63.3 cm³/mol. The molecule has 88 valence electrons. The molecule has 0 aromatic heterocycles. The van der Waals surface area contributed by atoms with Crippen LogP contribution in [0, 0.1) is 0 Å². The molecule has 0 unspecified atom stereocenters. The number of likely N-dealkylation sites (tertiary alicyclic amines) is 1. The zero-order valence-electron chi connectivity index (χ0n) is 9.30. The van der Waals surface area contributed by atoms with Gasteiger partial charge in [-0.05, 0) is 45.3 Å². The Bertz CT molecular complexity index is 181. The number of alkyl halides is 1. The monoisotopic (exact) mass is 232 g/mol. The van der Waals surface area contributed by atoms with Crippen LogP contribution < -0.4 is 5.32 Å². The molecule has 0 bridgehead atoms. The SMILES string of the molecule is O=C(CCCCl)NCCCN1CCCC1. The molecule has 1 aliphatic rings. The minimum Gasteiger partial charge on any atom is -0.356 e. The van der Waals surface area contributed by atoms with E-state index in [4.69, 9.17) is 11.6 Å². The Morgan fingerprint density at radius 1 is 1.27 bits per heavy atom. The van der Waals surface area contributed by atoms with Crippen LogP contribution in [-0.4, -0.2) is 42.9 Å². The van der Waals surface area contributed by atoms with Crippen molar-refractivity contribution in [3.05, 3.63) is 0 Å². The lowest BCUT2D eigenvalue weighted by molar-refractivity contribution is -0.121. The van der Waals surface area contributed by atoms with Gasteiger partial charge in [0, 0.05) is 18.8 Å². The second kappa shape index (κ2) is 7.94. The third kappa shape index (κ3) is 6.00. The summed E-state index contributed by atoms with van der Waals surface area (Å²) in [6, 6.07) is 0. The second-order valence-electron chi connectivity index (χ2n) is 4.04. The number of carbonyl (C=O) groups excluding carboxylic acids is 1. The molecule has 3 nitrogen and oxygen atoms in total. The first-order valence-corrected chi connectivity index (χ1v) is 6.41. The Labute approximate surface area is 97.2 Å². The zero-order valence-corrected chi connectivity index (χ0v) is 10.1. The predicted octanol–water partition coefficient (Wildman–Crippen LogP) is 1.61. The van der Waals surface area contributed by atoms with Crippen molar-refractivity contribution in [1.82, 2.24) is 10.2 Å². The van der Waals surface area contributed by atoms with Crippen LogP contribution in [0.15, 0.2) is 0 Å². The van der Waals surface area contributed by atoms with Crippen LogP contribution in [-0.2, 0) is 4.79 Å². The lowest BCUT2D eigenvalue weighted by Gasteiger charge is -2.14. The summed E-state index contributed by atoms with van der Waals surface area (Å²) in [4.78, 5) is 13.7. The fourth-order valence-electron chi connectivity index (χ4n) is 1.85. The largest absolute Gasteiger partial charge is 0.356 e.